The van der Waals surface area contributed by atoms with Crippen LogP contribution in [0.2, 0.25) is 0 Å². The summed E-state index contributed by atoms with van der Waals surface area (Å²) < 4.78 is 5.36. The molecule has 0 bridgehead atoms. The first-order valence-corrected chi connectivity index (χ1v) is 6.89. The fourth-order valence-corrected chi connectivity index (χ4v) is 2.15. The minimum atomic E-state index is -0.847. The van der Waals surface area contributed by atoms with E-state index in [0.717, 1.165) is 19.4 Å². The molecule has 0 spiro atoms. The molecule has 1 amide bonds. The van der Waals surface area contributed by atoms with Gasteiger partial charge in [-0.25, -0.2) is 0 Å². The number of rotatable bonds is 5. The molecule has 2 atom stereocenters. The summed E-state index contributed by atoms with van der Waals surface area (Å²) in [5.74, 6) is -1.20. The van der Waals surface area contributed by atoms with E-state index >= 15 is 0 Å². The summed E-state index contributed by atoms with van der Waals surface area (Å²) in [5, 5.41) is 12.0. The molecule has 0 aliphatic carbocycles. The van der Waals surface area contributed by atoms with Crippen molar-refractivity contribution >= 4 is 11.9 Å². The highest BCUT2D eigenvalue weighted by atomic mass is 16.5. The number of carbonyl (C=O) groups excluding carboxylic acids is 1. The Bertz CT molecular complexity index is 316. The second-order valence-corrected chi connectivity index (χ2v) is 6.31. The Morgan fingerprint density at radius 1 is 1.42 bits per heavy atom. The predicted molar refractivity (Wildman–Crippen MR) is 71.8 cm³/mol. The average Bonchev–Trinajstić information content (AvgIpc) is 2.33. The number of aliphatic carboxylic acids is 1. The lowest BCUT2D eigenvalue weighted by atomic mass is 9.89. The van der Waals surface area contributed by atoms with Crippen molar-refractivity contribution in [2.24, 2.45) is 17.3 Å². The number of hydrogen-bond donors (Lipinski definition) is 2. The third-order valence-corrected chi connectivity index (χ3v) is 3.41. The Morgan fingerprint density at radius 2 is 2.11 bits per heavy atom. The largest absolute Gasteiger partial charge is 0.481 e. The van der Waals surface area contributed by atoms with Crippen molar-refractivity contribution in [1.29, 1.82) is 0 Å². The van der Waals surface area contributed by atoms with Crippen molar-refractivity contribution in [2.75, 3.05) is 19.8 Å². The van der Waals surface area contributed by atoms with Crippen molar-refractivity contribution in [3.05, 3.63) is 0 Å². The Kier molecular flexibility index (Phi) is 5.79. The zero-order valence-corrected chi connectivity index (χ0v) is 12.1. The van der Waals surface area contributed by atoms with E-state index in [0.29, 0.717) is 18.9 Å². The van der Waals surface area contributed by atoms with Crippen molar-refractivity contribution in [3.8, 4) is 0 Å². The summed E-state index contributed by atoms with van der Waals surface area (Å²) >= 11 is 0. The number of carboxylic acids is 1. The van der Waals surface area contributed by atoms with E-state index in [2.05, 4.69) is 5.32 Å². The van der Waals surface area contributed by atoms with Crippen LogP contribution >= 0.6 is 0 Å². The molecule has 1 saturated heterocycles. The summed E-state index contributed by atoms with van der Waals surface area (Å²) in [6.45, 7) is 7.04. The fraction of sp³-hybridized carbons (Fsp3) is 0.857. The molecule has 1 fully saturated rings. The minimum absolute atomic E-state index is 0.112. The number of nitrogens with one attached hydrogen (secondary N) is 1. The lowest BCUT2D eigenvalue weighted by Crippen LogP contribution is -2.40. The summed E-state index contributed by atoms with van der Waals surface area (Å²) in [6, 6.07) is 0. The lowest BCUT2D eigenvalue weighted by Gasteiger charge is -2.26. The van der Waals surface area contributed by atoms with E-state index in [1.54, 1.807) is 0 Å². The van der Waals surface area contributed by atoms with Crippen molar-refractivity contribution in [3.63, 3.8) is 0 Å². The van der Waals surface area contributed by atoms with Gasteiger partial charge in [0.15, 0.2) is 0 Å². The second kappa shape index (κ2) is 6.89. The number of hydrogen-bond acceptors (Lipinski definition) is 3. The number of carbonyl (C=O) groups is 2. The highest BCUT2D eigenvalue weighted by molar-refractivity contribution is 5.82. The van der Waals surface area contributed by atoms with Crippen LogP contribution in [0.3, 0.4) is 0 Å². The van der Waals surface area contributed by atoms with E-state index in [-0.39, 0.29) is 12.5 Å². The molecule has 1 rings (SSSR count). The topological polar surface area (TPSA) is 75.6 Å². The lowest BCUT2D eigenvalue weighted by molar-refractivity contribution is -0.143. The smallest absolute Gasteiger partial charge is 0.308 e. The van der Waals surface area contributed by atoms with E-state index in [4.69, 9.17) is 4.74 Å². The molecule has 0 saturated carbocycles. The van der Waals surface area contributed by atoms with Gasteiger partial charge in [0.25, 0.3) is 0 Å². The molecular weight excluding hydrogens is 246 g/mol. The first-order valence-electron chi connectivity index (χ1n) is 6.89. The van der Waals surface area contributed by atoms with Gasteiger partial charge in [0.2, 0.25) is 5.91 Å². The van der Waals surface area contributed by atoms with Gasteiger partial charge in [-0.2, -0.15) is 0 Å². The summed E-state index contributed by atoms with van der Waals surface area (Å²) in [6.07, 6.45) is 2.57. The number of ether oxygens (including phenoxy) is 1. The number of carboxylic acid groups (broad SMARTS) is 1. The van der Waals surface area contributed by atoms with E-state index in [9.17, 15) is 14.7 Å². The van der Waals surface area contributed by atoms with Gasteiger partial charge in [-0.05, 0) is 25.2 Å². The molecule has 1 heterocycles. The molecule has 110 valence electrons. The molecule has 1 aliphatic heterocycles. The van der Waals surface area contributed by atoms with Crippen LogP contribution in [0.25, 0.3) is 0 Å². The van der Waals surface area contributed by atoms with Crippen molar-refractivity contribution in [2.45, 2.75) is 40.0 Å². The van der Waals surface area contributed by atoms with Gasteiger partial charge in [-0.1, -0.05) is 20.8 Å². The predicted octanol–water partition coefficient (Wildman–Crippen LogP) is 1.67. The number of amides is 1. The van der Waals surface area contributed by atoms with Crippen LogP contribution in [0, 0.1) is 17.3 Å². The maximum atomic E-state index is 11.8. The quantitative estimate of drug-likeness (QED) is 0.797. The molecule has 0 aromatic heterocycles. The van der Waals surface area contributed by atoms with Gasteiger partial charge in [-0.3, -0.25) is 9.59 Å². The van der Waals surface area contributed by atoms with Crippen LogP contribution in [-0.4, -0.2) is 36.7 Å². The average molecular weight is 271 g/mol. The van der Waals surface area contributed by atoms with Crippen LogP contribution < -0.4 is 5.32 Å². The monoisotopic (exact) mass is 271 g/mol. The molecule has 2 unspecified atom stereocenters. The normalized spacial score (nSPS) is 21.7. The van der Waals surface area contributed by atoms with Gasteiger partial charge in [0, 0.05) is 25.2 Å². The fourth-order valence-electron chi connectivity index (χ4n) is 2.15. The van der Waals surface area contributed by atoms with Gasteiger partial charge in [-0.15, -0.1) is 0 Å². The first-order chi connectivity index (χ1) is 8.80. The van der Waals surface area contributed by atoms with Gasteiger partial charge in [0.05, 0.1) is 5.92 Å². The molecule has 2 N–H and O–H groups in total. The van der Waals surface area contributed by atoms with Gasteiger partial charge >= 0.3 is 5.97 Å². The molecule has 0 aromatic rings. The van der Waals surface area contributed by atoms with Crippen LogP contribution in [0.4, 0.5) is 0 Å². The van der Waals surface area contributed by atoms with Gasteiger partial charge < -0.3 is 15.2 Å². The maximum Gasteiger partial charge on any atom is 0.308 e. The van der Waals surface area contributed by atoms with Crippen LogP contribution in [-0.2, 0) is 14.3 Å². The molecule has 0 aromatic carbocycles. The van der Waals surface area contributed by atoms with Crippen molar-refractivity contribution in [1.82, 2.24) is 5.32 Å². The highest BCUT2D eigenvalue weighted by Gasteiger charge is 2.27. The molecule has 5 nitrogen and oxygen atoms in total. The SMILES string of the molecule is CC(C)(C)C(=O)NCC(CC1CCCOC1)C(=O)O. The Labute approximate surface area is 114 Å². The summed E-state index contributed by atoms with van der Waals surface area (Å²) in [4.78, 5) is 23.0. The third-order valence-electron chi connectivity index (χ3n) is 3.41. The highest BCUT2D eigenvalue weighted by Crippen LogP contribution is 2.22. The second-order valence-electron chi connectivity index (χ2n) is 6.31. The Morgan fingerprint density at radius 3 is 2.58 bits per heavy atom. The summed E-state index contributed by atoms with van der Waals surface area (Å²) in [7, 11) is 0. The van der Waals surface area contributed by atoms with Crippen LogP contribution in [0.1, 0.15) is 40.0 Å². The van der Waals surface area contributed by atoms with Gasteiger partial charge in [0.1, 0.15) is 0 Å². The summed E-state index contributed by atoms with van der Waals surface area (Å²) in [5.41, 5.74) is -0.489. The maximum absolute atomic E-state index is 11.8. The molecule has 19 heavy (non-hydrogen) atoms. The minimum Gasteiger partial charge on any atom is -0.481 e. The third kappa shape index (κ3) is 5.59. The Hall–Kier alpha value is -1.10. The Balaban J connectivity index is 2.44. The zero-order chi connectivity index (χ0) is 14.5. The molecule has 1 aliphatic rings. The van der Waals surface area contributed by atoms with Crippen LogP contribution in [0.15, 0.2) is 0 Å². The molecule has 5 heteroatoms. The van der Waals surface area contributed by atoms with E-state index in [1.807, 2.05) is 20.8 Å². The first kappa shape index (κ1) is 16.0. The zero-order valence-electron chi connectivity index (χ0n) is 12.1. The van der Waals surface area contributed by atoms with E-state index < -0.39 is 17.3 Å². The van der Waals surface area contributed by atoms with Crippen molar-refractivity contribution < 1.29 is 19.4 Å². The molecular formula is C14H25NO4. The van der Waals surface area contributed by atoms with Crippen LogP contribution in [0.5, 0.6) is 0 Å². The molecule has 0 radical (unpaired) electrons. The van der Waals surface area contributed by atoms with E-state index in [1.165, 1.54) is 0 Å². The standard InChI is InChI=1S/C14H25NO4/c1-14(2,3)13(18)15-8-11(12(16)17)7-10-5-4-6-19-9-10/h10-11H,4-9H2,1-3H3,(H,15,18)(H,16,17).